The minimum absolute atomic E-state index is 0.0592. The van der Waals surface area contributed by atoms with Gasteiger partial charge in [-0.1, -0.05) is 353 Å². The predicted molar refractivity (Wildman–Crippen MR) is 321 cm³/mol. The Labute approximate surface area is 458 Å². The van der Waals surface area contributed by atoms with Gasteiger partial charge in [0.15, 0.2) is 6.10 Å². The van der Waals surface area contributed by atoms with Crippen molar-refractivity contribution in [3.05, 3.63) is 12.2 Å². The standard InChI is InChI=1S/C68H132O5/c1-3-5-7-9-11-13-15-17-19-21-23-24-25-26-27-28-29-30-31-32-33-34-35-36-37-38-39-40-41-42-43-45-46-48-50-52-54-56-58-60-62-67(70)72-65-66(64-69)73-68(71)63-61-59-57-55-53-51-49-47-44-22-20-18-16-14-12-10-8-6-4-2/h18,20,66,69H,3-17,19,21-65H2,1-2H3/b20-18-. The smallest absolute Gasteiger partial charge is 0.306 e. The van der Waals surface area contributed by atoms with Gasteiger partial charge in [0, 0.05) is 12.8 Å². The zero-order chi connectivity index (χ0) is 52.7. The molecule has 1 unspecified atom stereocenters. The van der Waals surface area contributed by atoms with Gasteiger partial charge < -0.3 is 14.6 Å². The predicted octanol–water partition coefficient (Wildman–Crippen LogP) is 23.0. The van der Waals surface area contributed by atoms with Crippen LogP contribution in [-0.4, -0.2) is 36.4 Å². The molecule has 434 valence electrons. The summed E-state index contributed by atoms with van der Waals surface area (Å²) in [6.45, 7) is 4.20. The fourth-order valence-corrected chi connectivity index (χ4v) is 10.7. The van der Waals surface area contributed by atoms with Crippen LogP contribution >= 0.6 is 0 Å². The third kappa shape index (κ3) is 63.1. The molecule has 0 aliphatic heterocycles. The van der Waals surface area contributed by atoms with E-state index in [1.165, 1.54) is 334 Å². The molecule has 0 aliphatic rings. The van der Waals surface area contributed by atoms with Crippen LogP contribution in [0.4, 0.5) is 0 Å². The Morgan fingerprint density at radius 3 is 0.740 bits per heavy atom. The summed E-state index contributed by atoms with van der Waals surface area (Å²) in [4.78, 5) is 24.6. The third-order valence-corrected chi connectivity index (χ3v) is 15.8. The molecule has 0 aliphatic carbocycles. The Hall–Kier alpha value is -1.36. The molecule has 0 bridgehead atoms. The lowest BCUT2D eigenvalue weighted by Gasteiger charge is -2.15. The van der Waals surface area contributed by atoms with Crippen LogP contribution in [0.25, 0.3) is 0 Å². The summed E-state index contributed by atoms with van der Waals surface area (Å²) in [5.41, 5.74) is 0. The number of rotatable bonds is 64. The summed E-state index contributed by atoms with van der Waals surface area (Å²) in [5.74, 6) is -0.569. The molecule has 1 atom stereocenters. The number of aliphatic hydroxyl groups is 1. The van der Waals surface area contributed by atoms with E-state index in [-0.39, 0.29) is 25.2 Å². The first-order valence-corrected chi connectivity index (χ1v) is 33.7. The largest absolute Gasteiger partial charge is 0.462 e. The molecule has 0 aromatic heterocycles. The molecule has 1 N–H and O–H groups in total. The maximum atomic E-state index is 12.3. The molecule has 0 rings (SSSR count). The highest BCUT2D eigenvalue weighted by atomic mass is 16.6. The van der Waals surface area contributed by atoms with Crippen LogP contribution in [0, 0.1) is 0 Å². The zero-order valence-corrected chi connectivity index (χ0v) is 49.9. The molecule has 0 amide bonds. The Morgan fingerprint density at radius 2 is 0.507 bits per heavy atom. The first-order valence-electron chi connectivity index (χ1n) is 33.7. The monoisotopic (exact) mass is 1030 g/mol. The molecule has 0 aromatic rings. The minimum atomic E-state index is -0.769. The SMILES string of the molecule is CCCCCCCC/C=C\CCCCCCCCCCCC(=O)OC(CO)COC(=O)CCCCCCCCCCCCCCCCCCCCCCCCCCCCCCCCCCCCCCCCCC. The van der Waals surface area contributed by atoms with Crippen molar-refractivity contribution in [1.29, 1.82) is 0 Å². The summed E-state index contributed by atoms with van der Waals surface area (Å²) >= 11 is 0. The second-order valence-electron chi connectivity index (χ2n) is 23.3. The number of hydrogen-bond acceptors (Lipinski definition) is 5. The minimum Gasteiger partial charge on any atom is -0.462 e. The number of carbonyl (C=O) groups excluding carboxylic acids is 2. The van der Waals surface area contributed by atoms with Crippen molar-refractivity contribution in [2.75, 3.05) is 13.2 Å². The highest BCUT2D eigenvalue weighted by Gasteiger charge is 2.16. The van der Waals surface area contributed by atoms with E-state index in [2.05, 4.69) is 26.0 Å². The number of allylic oxidation sites excluding steroid dienone is 2. The average molecular weight is 1030 g/mol. The van der Waals surface area contributed by atoms with Crippen LogP contribution in [0.5, 0.6) is 0 Å². The molecule has 5 heteroatoms. The molecule has 0 aromatic carbocycles. The van der Waals surface area contributed by atoms with Crippen LogP contribution in [0.1, 0.15) is 393 Å². The summed E-state index contributed by atoms with van der Waals surface area (Å²) in [5, 5.41) is 9.67. The number of carbonyl (C=O) groups is 2. The molecule has 0 radical (unpaired) electrons. The van der Waals surface area contributed by atoms with Crippen molar-refractivity contribution in [3.63, 3.8) is 0 Å². The van der Waals surface area contributed by atoms with Crippen LogP contribution in [0.2, 0.25) is 0 Å². The maximum absolute atomic E-state index is 12.3. The van der Waals surface area contributed by atoms with E-state index < -0.39 is 6.10 Å². The zero-order valence-electron chi connectivity index (χ0n) is 49.9. The van der Waals surface area contributed by atoms with Gasteiger partial charge in [-0.05, 0) is 38.5 Å². The molecule has 0 saturated heterocycles. The normalized spacial score (nSPS) is 12.1. The van der Waals surface area contributed by atoms with Gasteiger partial charge in [0.2, 0.25) is 0 Å². The molecular formula is C68H132O5. The fraction of sp³-hybridized carbons (Fsp3) is 0.941. The lowest BCUT2D eigenvalue weighted by atomic mass is 10.0. The average Bonchev–Trinajstić information content (AvgIpc) is 3.39. The Balaban J connectivity index is 3.33. The second-order valence-corrected chi connectivity index (χ2v) is 23.3. The molecular weight excluding hydrogens is 897 g/mol. The highest BCUT2D eigenvalue weighted by Crippen LogP contribution is 2.19. The van der Waals surface area contributed by atoms with Crippen molar-refractivity contribution in [3.8, 4) is 0 Å². The van der Waals surface area contributed by atoms with E-state index in [0.29, 0.717) is 12.8 Å². The van der Waals surface area contributed by atoms with Crippen LogP contribution in [0.3, 0.4) is 0 Å². The van der Waals surface area contributed by atoms with Crippen LogP contribution in [-0.2, 0) is 19.1 Å². The van der Waals surface area contributed by atoms with Crippen molar-refractivity contribution < 1.29 is 24.2 Å². The van der Waals surface area contributed by atoms with Crippen LogP contribution in [0.15, 0.2) is 12.2 Å². The molecule has 0 saturated carbocycles. The van der Waals surface area contributed by atoms with Crippen molar-refractivity contribution in [2.45, 2.75) is 399 Å². The van der Waals surface area contributed by atoms with Gasteiger partial charge in [-0.15, -0.1) is 0 Å². The topological polar surface area (TPSA) is 72.8 Å². The van der Waals surface area contributed by atoms with Crippen molar-refractivity contribution >= 4 is 11.9 Å². The van der Waals surface area contributed by atoms with Gasteiger partial charge in [0.25, 0.3) is 0 Å². The molecule has 0 fully saturated rings. The van der Waals surface area contributed by atoms with E-state index in [0.717, 1.165) is 32.1 Å². The van der Waals surface area contributed by atoms with Gasteiger partial charge in [0.1, 0.15) is 6.61 Å². The molecule has 0 heterocycles. The van der Waals surface area contributed by atoms with Crippen LogP contribution < -0.4 is 0 Å². The number of aliphatic hydroxyl groups excluding tert-OH is 1. The van der Waals surface area contributed by atoms with Gasteiger partial charge in [-0.3, -0.25) is 9.59 Å². The number of esters is 2. The van der Waals surface area contributed by atoms with Gasteiger partial charge >= 0.3 is 11.9 Å². The second kappa shape index (κ2) is 64.9. The molecule has 73 heavy (non-hydrogen) atoms. The number of unbranched alkanes of at least 4 members (excludes halogenated alkanes) is 54. The lowest BCUT2D eigenvalue weighted by Crippen LogP contribution is -2.28. The summed E-state index contributed by atoms with van der Waals surface area (Å²) in [7, 11) is 0. The van der Waals surface area contributed by atoms with E-state index >= 15 is 0 Å². The van der Waals surface area contributed by atoms with Gasteiger partial charge in [0.05, 0.1) is 6.61 Å². The lowest BCUT2D eigenvalue weighted by molar-refractivity contribution is -0.161. The third-order valence-electron chi connectivity index (χ3n) is 15.8. The highest BCUT2D eigenvalue weighted by molar-refractivity contribution is 5.70. The van der Waals surface area contributed by atoms with E-state index in [9.17, 15) is 14.7 Å². The van der Waals surface area contributed by atoms with E-state index in [4.69, 9.17) is 9.47 Å². The fourth-order valence-electron chi connectivity index (χ4n) is 10.7. The van der Waals surface area contributed by atoms with E-state index in [1.807, 2.05) is 0 Å². The maximum Gasteiger partial charge on any atom is 0.306 e. The van der Waals surface area contributed by atoms with Crippen molar-refractivity contribution in [1.82, 2.24) is 0 Å². The summed E-state index contributed by atoms with van der Waals surface area (Å²) < 4.78 is 10.7. The summed E-state index contributed by atoms with van der Waals surface area (Å²) in [6, 6.07) is 0. The Bertz CT molecular complexity index is 1070. The number of ether oxygens (including phenoxy) is 2. The first-order chi connectivity index (χ1) is 36.1. The van der Waals surface area contributed by atoms with Gasteiger partial charge in [-0.25, -0.2) is 0 Å². The summed E-state index contributed by atoms with van der Waals surface area (Å²) in [6.07, 6.45) is 82.6. The Morgan fingerprint density at radius 1 is 0.301 bits per heavy atom. The van der Waals surface area contributed by atoms with E-state index in [1.54, 1.807) is 0 Å². The van der Waals surface area contributed by atoms with Crippen molar-refractivity contribution in [2.24, 2.45) is 0 Å². The quantitative estimate of drug-likeness (QED) is 0.0373. The number of hydrogen-bond donors (Lipinski definition) is 1. The van der Waals surface area contributed by atoms with Gasteiger partial charge in [-0.2, -0.15) is 0 Å². The molecule has 0 spiro atoms. The Kier molecular flexibility index (Phi) is 63.7. The first kappa shape index (κ1) is 71.6. The molecule has 5 nitrogen and oxygen atoms in total.